The van der Waals surface area contributed by atoms with Crippen LogP contribution in [0.5, 0.6) is 0 Å². The van der Waals surface area contributed by atoms with Crippen molar-refractivity contribution < 1.29 is 9.18 Å². The number of nitrogens with one attached hydrogen (secondary N) is 1. The molecule has 0 spiro atoms. The van der Waals surface area contributed by atoms with E-state index in [1.807, 2.05) is 0 Å². The number of nitrogens with zero attached hydrogens (tertiary/aromatic N) is 2. The largest absolute Gasteiger partial charge is 0.349 e. The van der Waals surface area contributed by atoms with Crippen LogP contribution in [0.25, 0.3) is 0 Å². The summed E-state index contributed by atoms with van der Waals surface area (Å²) in [7, 11) is 2.07. The van der Waals surface area contributed by atoms with E-state index in [4.69, 9.17) is 0 Å². The minimum atomic E-state index is -0.573. The monoisotopic (exact) mass is 251 g/mol. The van der Waals surface area contributed by atoms with Crippen molar-refractivity contribution in [3.8, 4) is 0 Å². The van der Waals surface area contributed by atoms with Gasteiger partial charge in [-0.3, -0.25) is 9.78 Å². The molecule has 2 unspecified atom stereocenters. The first-order valence-electron chi connectivity index (χ1n) is 6.18. The number of likely N-dealkylation sites (tertiary alicyclic amines) is 1. The third-order valence-electron chi connectivity index (χ3n) is 3.56. The van der Waals surface area contributed by atoms with E-state index in [9.17, 15) is 9.18 Å². The Morgan fingerprint density at radius 1 is 1.61 bits per heavy atom. The topological polar surface area (TPSA) is 45.2 Å². The van der Waals surface area contributed by atoms with Gasteiger partial charge in [0, 0.05) is 24.8 Å². The Bertz CT molecular complexity index is 438. The maximum atomic E-state index is 13.4. The number of carbonyl (C=O) groups is 1. The zero-order valence-corrected chi connectivity index (χ0v) is 10.7. The summed E-state index contributed by atoms with van der Waals surface area (Å²) in [5, 5.41) is 2.89. The first-order valence-corrected chi connectivity index (χ1v) is 6.18. The van der Waals surface area contributed by atoms with Gasteiger partial charge < -0.3 is 10.2 Å². The fourth-order valence-electron chi connectivity index (χ4n) is 2.24. The van der Waals surface area contributed by atoms with Crippen LogP contribution in [0.2, 0.25) is 0 Å². The summed E-state index contributed by atoms with van der Waals surface area (Å²) in [6.45, 7) is 3.08. The van der Waals surface area contributed by atoms with Gasteiger partial charge in [0.2, 0.25) is 0 Å². The smallest absolute Gasteiger partial charge is 0.254 e. The summed E-state index contributed by atoms with van der Waals surface area (Å²) in [4.78, 5) is 17.8. The van der Waals surface area contributed by atoms with Gasteiger partial charge >= 0.3 is 0 Å². The lowest BCUT2D eigenvalue weighted by Gasteiger charge is -2.35. The van der Waals surface area contributed by atoms with Crippen molar-refractivity contribution in [1.29, 1.82) is 0 Å². The van der Waals surface area contributed by atoms with Crippen molar-refractivity contribution in [2.24, 2.45) is 0 Å². The molecule has 1 aromatic rings. The number of carbonyl (C=O) groups excluding carboxylic acids is 1. The Balaban J connectivity index is 1.98. The molecule has 1 aliphatic rings. The highest BCUT2D eigenvalue weighted by molar-refractivity contribution is 5.94. The molecule has 1 amide bonds. The van der Waals surface area contributed by atoms with Gasteiger partial charge in [-0.2, -0.15) is 0 Å². The van der Waals surface area contributed by atoms with E-state index in [1.54, 1.807) is 0 Å². The fraction of sp³-hybridized carbons (Fsp3) is 0.538. The summed E-state index contributed by atoms with van der Waals surface area (Å²) in [6, 6.07) is 1.96. The maximum absolute atomic E-state index is 13.4. The first kappa shape index (κ1) is 13.0. The fourth-order valence-corrected chi connectivity index (χ4v) is 2.24. The van der Waals surface area contributed by atoms with Crippen molar-refractivity contribution in [2.75, 3.05) is 13.6 Å². The molecule has 98 valence electrons. The first-order chi connectivity index (χ1) is 8.58. The SMILES string of the molecule is CC1CC(NC(=O)c2ccncc2F)CCN1C. The van der Waals surface area contributed by atoms with Crippen LogP contribution in [0, 0.1) is 5.82 Å². The van der Waals surface area contributed by atoms with E-state index in [-0.39, 0.29) is 17.5 Å². The molecule has 0 bridgehead atoms. The van der Waals surface area contributed by atoms with Crippen molar-refractivity contribution in [3.63, 3.8) is 0 Å². The van der Waals surface area contributed by atoms with Gasteiger partial charge in [-0.25, -0.2) is 4.39 Å². The lowest BCUT2D eigenvalue weighted by molar-refractivity contribution is 0.0892. The minimum Gasteiger partial charge on any atom is -0.349 e. The summed E-state index contributed by atoms with van der Waals surface area (Å²) >= 11 is 0. The quantitative estimate of drug-likeness (QED) is 0.865. The van der Waals surface area contributed by atoms with Crippen molar-refractivity contribution in [1.82, 2.24) is 15.2 Å². The molecule has 5 heteroatoms. The zero-order chi connectivity index (χ0) is 13.1. The van der Waals surface area contributed by atoms with Crippen LogP contribution in [0.1, 0.15) is 30.1 Å². The van der Waals surface area contributed by atoms with E-state index in [2.05, 4.69) is 29.2 Å². The van der Waals surface area contributed by atoms with Crippen LogP contribution in [0.3, 0.4) is 0 Å². The number of pyridine rings is 1. The predicted molar refractivity (Wildman–Crippen MR) is 66.8 cm³/mol. The van der Waals surface area contributed by atoms with Gasteiger partial charge in [-0.05, 0) is 32.9 Å². The van der Waals surface area contributed by atoms with Gasteiger partial charge in [-0.15, -0.1) is 0 Å². The Labute approximate surface area is 106 Å². The number of halogens is 1. The van der Waals surface area contributed by atoms with Gasteiger partial charge in [0.1, 0.15) is 0 Å². The average molecular weight is 251 g/mol. The standard InChI is InChI=1S/C13H18FN3O/c1-9-7-10(4-6-17(9)2)16-13(18)11-3-5-15-8-12(11)14/h3,5,8-10H,4,6-7H2,1-2H3,(H,16,18). The average Bonchev–Trinajstić information content (AvgIpc) is 2.34. The molecule has 1 N–H and O–H groups in total. The maximum Gasteiger partial charge on any atom is 0.254 e. The zero-order valence-electron chi connectivity index (χ0n) is 10.7. The summed E-state index contributed by atoms with van der Waals surface area (Å²) in [5.74, 6) is -0.923. The number of hydrogen-bond acceptors (Lipinski definition) is 3. The highest BCUT2D eigenvalue weighted by Gasteiger charge is 2.24. The van der Waals surface area contributed by atoms with E-state index >= 15 is 0 Å². The number of aromatic nitrogens is 1. The Hall–Kier alpha value is -1.49. The lowest BCUT2D eigenvalue weighted by atomic mass is 9.98. The highest BCUT2D eigenvalue weighted by Crippen LogP contribution is 2.16. The van der Waals surface area contributed by atoms with Crippen molar-refractivity contribution in [2.45, 2.75) is 31.8 Å². The molecule has 1 aromatic heterocycles. The molecule has 4 nitrogen and oxygen atoms in total. The van der Waals surface area contributed by atoms with E-state index in [0.29, 0.717) is 6.04 Å². The minimum absolute atomic E-state index is 0.0663. The third kappa shape index (κ3) is 2.85. The van der Waals surface area contributed by atoms with Crippen LogP contribution in [0.15, 0.2) is 18.5 Å². The number of hydrogen-bond donors (Lipinski definition) is 1. The number of amides is 1. The molecule has 1 saturated heterocycles. The van der Waals surface area contributed by atoms with Crippen molar-refractivity contribution in [3.05, 3.63) is 29.8 Å². The second-order valence-electron chi connectivity index (χ2n) is 4.88. The predicted octanol–water partition coefficient (Wildman–Crippen LogP) is 1.43. The molecule has 0 saturated carbocycles. The molecule has 2 heterocycles. The lowest BCUT2D eigenvalue weighted by Crippen LogP contribution is -2.47. The molecule has 1 fully saturated rings. The second kappa shape index (κ2) is 5.44. The summed E-state index contributed by atoms with van der Waals surface area (Å²) in [5.41, 5.74) is 0.0663. The molecule has 0 aliphatic carbocycles. The van der Waals surface area contributed by atoms with Gasteiger partial charge in [-0.1, -0.05) is 0 Å². The molecule has 0 aromatic carbocycles. The van der Waals surface area contributed by atoms with Crippen LogP contribution < -0.4 is 5.32 Å². The number of rotatable bonds is 2. The number of piperidine rings is 1. The summed E-state index contributed by atoms with van der Waals surface area (Å²) in [6.07, 6.45) is 4.29. The summed E-state index contributed by atoms with van der Waals surface area (Å²) < 4.78 is 13.4. The molecular formula is C13H18FN3O. The van der Waals surface area contributed by atoms with Gasteiger partial charge in [0.15, 0.2) is 5.82 Å². The van der Waals surface area contributed by atoms with Crippen LogP contribution in [-0.2, 0) is 0 Å². The van der Waals surface area contributed by atoms with E-state index in [1.165, 1.54) is 12.3 Å². The molecular weight excluding hydrogens is 233 g/mol. The normalized spacial score (nSPS) is 24.8. The van der Waals surface area contributed by atoms with Crippen LogP contribution >= 0.6 is 0 Å². The van der Waals surface area contributed by atoms with Crippen molar-refractivity contribution >= 4 is 5.91 Å². The van der Waals surface area contributed by atoms with Crippen LogP contribution in [-0.4, -0.2) is 41.5 Å². The Morgan fingerprint density at radius 2 is 2.39 bits per heavy atom. The van der Waals surface area contributed by atoms with E-state index < -0.39 is 5.82 Å². The third-order valence-corrected chi connectivity index (χ3v) is 3.56. The molecule has 18 heavy (non-hydrogen) atoms. The molecule has 2 atom stereocenters. The molecule has 0 radical (unpaired) electrons. The molecule has 1 aliphatic heterocycles. The second-order valence-corrected chi connectivity index (χ2v) is 4.88. The Kier molecular flexibility index (Phi) is 3.91. The Morgan fingerprint density at radius 3 is 3.06 bits per heavy atom. The van der Waals surface area contributed by atoms with Gasteiger partial charge in [0.25, 0.3) is 5.91 Å². The van der Waals surface area contributed by atoms with Gasteiger partial charge in [0.05, 0.1) is 11.8 Å². The molecule has 2 rings (SSSR count). The van der Waals surface area contributed by atoms with E-state index in [0.717, 1.165) is 25.6 Å². The van der Waals surface area contributed by atoms with Crippen LogP contribution in [0.4, 0.5) is 4.39 Å². The highest BCUT2D eigenvalue weighted by atomic mass is 19.1.